The first-order chi connectivity index (χ1) is 8.63. The van der Waals surface area contributed by atoms with E-state index in [1.165, 1.54) is 5.56 Å². The first kappa shape index (κ1) is 13.3. The van der Waals surface area contributed by atoms with E-state index in [1.54, 1.807) is 0 Å². The zero-order valence-electron chi connectivity index (χ0n) is 11.0. The third kappa shape index (κ3) is 2.64. The van der Waals surface area contributed by atoms with E-state index in [1.807, 2.05) is 26.0 Å². The Bertz CT molecular complexity index is 504. The first-order valence-corrected chi connectivity index (χ1v) is 7.72. The molecule has 1 aromatic rings. The van der Waals surface area contributed by atoms with Gasteiger partial charge in [-0.05, 0) is 38.3 Å². The standard InChI is InChI=1S/C15H19NOS/c1-11-7-8-14(12(2)9-11)18(17)15-6-4-3-5-13(15)10-16/h7-9,13,15H,3-6H2,1-2H3. The minimum absolute atomic E-state index is 0.0187. The molecule has 2 nitrogen and oxygen atoms in total. The molecule has 0 amide bonds. The average molecular weight is 261 g/mol. The second-order valence-electron chi connectivity index (χ2n) is 5.12. The Hall–Kier alpha value is -1.14. The van der Waals surface area contributed by atoms with Crippen LogP contribution >= 0.6 is 0 Å². The van der Waals surface area contributed by atoms with Gasteiger partial charge in [0.25, 0.3) is 0 Å². The van der Waals surface area contributed by atoms with Crippen molar-refractivity contribution >= 4 is 10.8 Å². The molecule has 1 aliphatic rings. The molecule has 2 rings (SSSR count). The molecule has 1 saturated carbocycles. The van der Waals surface area contributed by atoms with Crippen molar-refractivity contribution in [2.24, 2.45) is 5.92 Å². The number of hydrogen-bond donors (Lipinski definition) is 0. The highest BCUT2D eigenvalue weighted by atomic mass is 32.2. The molecule has 0 aromatic heterocycles. The van der Waals surface area contributed by atoms with E-state index in [2.05, 4.69) is 12.1 Å². The molecule has 3 atom stereocenters. The minimum atomic E-state index is -1.04. The Kier molecular flexibility index (Phi) is 4.19. The Morgan fingerprint density at radius 2 is 2.00 bits per heavy atom. The summed E-state index contributed by atoms with van der Waals surface area (Å²) in [5.74, 6) is -0.0414. The molecule has 0 spiro atoms. The van der Waals surface area contributed by atoms with Gasteiger partial charge in [-0.3, -0.25) is 4.21 Å². The molecule has 3 heteroatoms. The zero-order chi connectivity index (χ0) is 13.1. The molecule has 3 unspecified atom stereocenters. The van der Waals surface area contributed by atoms with E-state index < -0.39 is 10.8 Å². The lowest BCUT2D eigenvalue weighted by Crippen LogP contribution is -2.28. The first-order valence-electron chi connectivity index (χ1n) is 6.51. The quantitative estimate of drug-likeness (QED) is 0.817. The maximum atomic E-state index is 12.7. The summed E-state index contributed by atoms with van der Waals surface area (Å²) >= 11 is 0. The van der Waals surface area contributed by atoms with Crippen molar-refractivity contribution in [2.75, 3.05) is 0 Å². The van der Waals surface area contributed by atoms with E-state index in [9.17, 15) is 9.47 Å². The van der Waals surface area contributed by atoms with Crippen LogP contribution in [0.15, 0.2) is 23.1 Å². The third-order valence-electron chi connectivity index (χ3n) is 3.69. The monoisotopic (exact) mass is 261 g/mol. The smallest absolute Gasteiger partial charge is 0.0668 e. The fourth-order valence-electron chi connectivity index (χ4n) is 2.69. The fourth-order valence-corrected chi connectivity index (χ4v) is 4.47. The molecule has 0 aliphatic heterocycles. The Balaban J connectivity index is 2.27. The average Bonchev–Trinajstić information content (AvgIpc) is 2.38. The zero-order valence-corrected chi connectivity index (χ0v) is 11.8. The third-order valence-corrected chi connectivity index (χ3v) is 5.70. The molecular formula is C15H19NOS. The molecule has 0 radical (unpaired) electrons. The molecule has 1 aromatic carbocycles. The van der Waals surface area contributed by atoms with E-state index in [-0.39, 0.29) is 11.2 Å². The molecule has 0 saturated heterocycles. The maximum Gasteiger partial charge on any atom is 0.0668 e. The lowest BCUT2D eigenvalue weighted by Gasteiger charge is -2.26. The maximum absolute atomic E-state index is 12.7. The van der Waals surface area contributed by atoms with Crippen molar-refractivity contribution in [3.05, 3.63) is 29.3 Å². The topological polar surface area (TPSA) is 40.9 Å². The summed E-state index contributed by atoms with van der Waals surface area (Å²) in [5, 5.41) is 9.20. The van der Waals surface area contributed by atoms with Gasteiger partial charge < -0.3 is 0 Å². The predicted octanol–water partition coefficient (Wildman–Crippen LogP) is 3.49. The van der Waals surface area contributed by atoms with Crippen LogP contribution in [0.25, 0.3) is 0 Å². The van der Waals surface area contributed by atoms with Crippen molar-refractivity contribution in [3.63, 3.8) is 0 Å². The van der Waals surface area contributed by atoms with Gasteiger partial charge >= 0.3 is 0 Å². The highest BCUT2D eigenvalue weighted by Crippen LogP contribution is 2.31. The van der Waals surface area contributed by atoms with Crippen LogP contribution in [-0.4, -0.2) is 9.46 Å². The highest BCUT2D eigenvalue weighted by molar-refractivity contribution is 7.85. The van der Waals surface area contributed by atoms with Crippen LogP contribution in [0, 0.1) is 31.1 Å². The van der Waals surface area contributed by atoms with Gasteiger partial charge in [-0.15, -0.1) is 0 Å². The van der Waals surface area contributed by atoms with Crippen LogP contribution in [0.4, 0.5) is 0 Å². The summed E-state index contributed by atoms with van der Waals surface area (Å²) < 4.78 is 12.7. The lowest BCUT2D eigenvalue weighted by atomic mass is 9.90. The molecule has 1 fully saturated rings. The highest BCUT2D eigenvalue weighted by Gasteiger charge is 2.31. The number of rotatable bonds is 2. The van der Waals surface area contributed by atoms with Crippen LogP contribution in [0.1, 0.15) is 36.8 Å². The van der Waals surface area contributed by atoms with E-state index in [0.717, 1.165) is 36.1 Å². The minimum Gasteiger partial charge on any atom is -0.254 e. The molecule has 0 N–H and O–H groups in total. The van der Waals surface area contributed by atoms with E-state index >= 15 is 0 Å². The Morgan fingerprint density at radius 1 is 1.28 bits per heavy atom. The summed E-state index contributed by atoms with van der Waals surface area (Å²) in [6, 6.07) is 8.38. The molecular weight excluding hydrogens is 242 g/mol. The van der Waals surface area contributed by atoms with Gasteiger partial charge in [0.2, 0.25) is 0 Å². The Labute approximate surface area is 111 Å². The second-order valence-corrected chi connectivity index (χ2v) is 6.77. The molecule has 0 bridgehead atoms. The van der Waals surface area contributed by atoms with Crippen LogP contribution in [0.5, 0.6) is 0 Å². The van der Waals surface area contributed by atoms with Crippen molar-refractivity contribution in [3.8, 4) is 6.07 Å². The summed E-state index contributed by atoms with van der Waals surface area (Å²) in [4.78, 5) is 0.910. The molecule has 0 heterocycles. The number of benzene rings is 1. The summed E-state index contributed by atoms with van der Waals surface area (Å²) in [5.41, 5.74) is 2.27. The number of nitriles is 1. The van der Waals surface area contributed by atoms with Gasteiger partial charge in [0.15, 0.2) is 0 Å². The Morgan fingerprint density at radius 3 is 2.67 bits per heavy atom. The molecule has 18 heavy (non-hydrogen) atoms. The van der Waals surface area contributed by atoms with Crippen molar-refractivity contribution in [1.82, 2.24) is 0 Å². The number of aryl methyl sites for hydroxylation is 2. The van der Waals surface area contributed by atoms with Crippen LogP contribution < -0.4 is 0 Å². The van der Waals surface area contributed by atoms with E-state index in [4.69, 9.17) is 0 Å². The fraction of sp³-hybridized carbons (Fsp3) is 0.533. The van der Waals surface area contributed by atoms with Gasteiger partial charge in [0.05, 0.1) is 28.0 Å². The molecule has 96 valence electrons. The van der Waals surface area contributed by atoms with Crippen LogP contribution in [-0.2, 0) is 10.8 Å². The van der Waals surface area contributed by atoms with Crippen molar-refractivity contribution < 1.29 is 4.21 Å². The van der Waals surface area contributed by atoms with Gasteiger partial charge in [-0.1, -0.05) is 30.5 Å². The van der Waals surface area contributed by atoms with Gasteiger partial charge in [0.1, 0.15) is 0 Å². The van der Waals surface area contributed by atoms with E-state index in [0.29, 0.717) is 0 Å². The van der Waals surface area contributed by atoms with Gasteiger partial charge in [0, 0.05) is 4.90 Å². The second kappa shape index (κ2) is 5.67. The van der Waals surface area contributed by atoms with Crippen molar-refractivity contribution in [1.29, 1.82) is 5.26 Å². The lowest BCUT2D eigenvalue weighted by molar-refractivity contribution is 0.431. The summed E-state index contributed by atoms with van der Waals surface area (Å²) in [6.07, 6.45) is 4.01. The van der Waals surface area contributed by atoms with Crippen LogP contribution in [0.3, 0.4) is 0 Å². The van der Waals surface area contributed by atoms with Gasteiger partial charge in [-0.25, -0.2) is 0 Å². The van der Waals surface area contributed by atoms with Crippen molar-refractivity contribution in [2.45, 2.75) is 49.7 Å². The predicted molar refractivity (Wildman–Crippen MR) is 73.7 cm³/mol. The van der Waals surface area contributed by atoms with Gasteiger partial charge in [-0.2, -0.15) is 5.26 Å². The normalized spacial score (nSPS) is 25.4. The summed E-state index contributed by atoms with van der Waals surface area (Å²) in [6.45, 7) is 4.04. The van der Waals surface area contributed by atoms with Crippen LogP contribution in [0.2, 0.25) is 0 Å². The number of hydrogen-bond acceptors (Lipinski definition) is 2. The largest absolute Gasteiger partial charge is 0.254 e. The molecule has 1 aliphatic carbocycles. The summed E-state index contributed by atoms with van der Waals surface area (Å²) in [7, 11) is -1.04. The number of nitrogens with zero attached hydrogens (tertiary/aromatic N) is 1. The SMILES string of the molecule is Cc1ccc(S(=O)C2CCCCC2C#N)c(C)c1.